The van der Waals surface area contributed by atoms with Crippen molar-refractivity contribution in [3.63, 3.8) is 0 Å². The van der Waals surface area contributed by atoms with Gasteiger partial charge in [-0.1, -0.05) is 30.7 Å². The van der Waals surface area contributed by atoms with Crippen molar-refractivity contribution >= 4 is 40.0 Å². The van der Waals surface area contributed by atoms with Crippen molar-refractivity contribution in [3.8, 4) is 17.2 Å². The van der Waals surface area contributed by atoms with E-state index in [4.69, 9.17) is 30.2 Å². The first-order valence-electron chi connectivity index (χ1n) is 12.0. The topological polar surface area (TPSA) is 121 Å². The monoisotopic (exact) mass is 535 g/mol. The van der Waals surface area contributed by atoms with Crippen molar-refractivity contribution < 1.29 is 33.0 Å². The van der Waals surface area contributed by atoms with Gasteiger partial charge in [-0.2, -0.15) is 0 Å². The summed E-state index contributed by atoms with van der Waals surface area (Å²) in [5.41, 5.74) is -1.21. The van der Waals surface area contributed by atoms with Gasteiger partial charge in [-0.3, -0.25) is 19.2 Å². The Hall–Kier alpha value is -4.11. The lowest BCUT2D eigenvalue weighted by atomic mass is 9.66. The Morgan fingerprint density at radius 3 is 2.50 bits per heavy atom. The number of fused-ring (bicyclic) bond motifs is 2. The van der Waals surface area contributed by atoms with Crippen LogP contribution < -0.4 is 25.0 Å². The minimum absolute atomic E-state index is 0.00118. The van der Waals surface area contributed by atoms with Crippen LogP contribution in [0, 0.1) is 5.92 Å². The number of para-hydroxylation sites is 1. The van der Waals surface area contributed by atoms with Crippen LogP contribution in [0.2, 0.25) is 5.02 Å². The van der Waals surface area contributed by atoms with Crippen LogP contribution in [0.3, 0.4) is 0 Å². The molecule has 0 fully saturated rings. The smallest absolute Gasteiger partial charge is 0.236 e. The molecule has 3 aliphatic rings. The van der Waals surface area contributed by atoms with Crippen LogP contribution in [0.4, 0.5) is 0 Å². The fraction of sp³-hybridized carbons (Fsp3) is 0.286. The lowest BCUT2D eigenvalue weighted by Crippen LogP contribution is -2.59. The van der Waals surface area contributed by atoms with Crippen molar-refractivity contribution in [1.29, 1.82) is 0 Å². The zero-order valence-corrected chi connectivity index (χ0v) is 21.4. The van der Waals surface area contributed by atoms with E-state index in [-0.39, 0.29) is 63.1 Å². The summed E-state index contributed by atoms with van der Waals surface area (Å²) in [6, 6.07) is 8.20. The second-order valence-corrected chi connectivity index (χ2v) is 9.99. The van der Waals surface area contributed by atoms with E-state index < -0.39 is 29.0 Å². The number of ketones is 2. The maximum atomic E-state index is 14.4. The molecule has 1 aliphatic carbocycles. The Balaban J connectivity index is 1.53. The highest BCUT2D eigenvalue weighted by Crippen LogP contribution is 2.55. The average molecular weight is 536 g/mol. The second-order valence-electron chi connectivity index (χ2n) is 9.61. The molecule has 0 bridgehead atoms. The van der Waals surface area contributed by atoms with Crippen molar-refractivity contribution in [2.45, 2.75) is 31.3 Å². The van der Waals surface area contributed by atoms with E-state index in [1.54, 1.807) is 31.2 Å². The fourth-order valence-electron chi connectivity index (χ4n) is 5.79. The van der Waals surface area contributed by atoms with Crippen molar-refractivity contribution in [2.75, 3.05) is 14.2 Å². The quantitative estimate of drug-likeness (QED) is 0.500. The maximum Gasteiger partial charge on any atom is 0.236 e. The van der Waals surface area contributed by atoms with Crippen LogP contribution in [0.25, 0.3) is 11.0 Å². The summed E-state index contributed by atoms with van der Waals surface area (Å²) in [7, 11) is 2.80. The Kier molecular flexibility index (Phi) is 5.39. The van der Waals surface area contributed by atoms with E-state index in [0.717, 1.165) is 0 Å². The highest BCUT2D eigenvalue weighted by atomic mass is 35.5. The lowest BCUT2D eigenvalue weighted by Gasteiger charge is -2.41. The number of halogens is 1. The molecule has 10 heteroatoms. The molecule has 3 unspecified atom stereocenters. The van der Waals surface area contributed by atoms with Crippen molar-refractivity contribution in [1.82, 2.24) is 5.32 Å². The Morgan fingerprint density at radius 2 is 1.76 bits per heavy atom. The number of methoxy groups -OCH3 is 2. The van der Waals surface area contributed by atoms with E-state index in [1.807, 2.05) is 0 Å². The Labute approximate surface area is 221 Å². The molecular formula is C28H22ClNO8. The zero-order chi connectivity index (χ0) is 26.9. The van der Waals surface area contributed by atoms with Crippen LogP contribution in [0.15, 0.2) is 57.1 Å². The number of rotatable bonds is 3. The number of amides is 1. The van der Waals surface area contributed by atoms with E-state index in [9.17, 15) is 19.2 Å². The van der Waals surface area contributed by atoms with Gasteiger partial charge in [-0.15, -0.1) is 0 Å². The fourth-order valence-corrected chi connectivity index (χ4v) is 6.05. The molecule has 1 N–H and O–H groups in total. The molecule has 9 nitrogen and oxygen atoms in total. The van der Waals surface area contributed by atoms with Gasteiger partial charge in [0.15, 0.2) is 11.2 Å². The van der Waals surface area contributed by atoms with E-state index in [2.05, 4.69) is 5.32 Å². The van der Waals surface area contributed by atoms with Gasteiger partial charge in [-0.05, 0) is 18.6 Å². The molecule has 6 rings (SSSR count). The number of ether oxygens (including phenoxy) is 3. The molecule has 2 aliphatic heterocycles. The third-order valence-electron chi connectivity index (χ3n) is 7.64. The molecule has 3 heterocycles. The van der Waals surface area contributed by atoms with Crippen LogP contribution >= 0.6 is 11.6 Å². The third kappa shape index (κ3) is 3.11. The molecule has 194 valence electrons. The highest BCUT2D eigenvalue weighted by molar-refractivity contribution is 6.36. The number of Topliss-reactive ketones (excluding diaryl/α,β-unsaturated/α-hetero) is 2. The van der Waals surface area contributed by atoms with Gasteiger partial charge in [0.05, 0.1) is 25.9 Å². The highest BCUT2D eigenvalue weighted by Gasteiger charge is 2.63. The summed E-state index contributed by atoms with van der Waals surface area (Å²) in [6.45, 7) is 1.70. The van der Waals surface area contributed by atoms with Gasteiger partial charge < -0.3 is 23.9 Å². The van der Waals surface area contributed by atoms with Crippen molar-refractivity contribution in [3.05, 3.63) is 74.2 Å². The van der Waals surface area contributed by atoms with Gasteiger partial charge in [-0.25, -0.2) is 0 Å². The standard InChI is InChI=1S/C28H22ClNO8/c1-12-8-16-21(14(9-20(31)30-16)15-11-37-17-7-5-4-6-13(17)24(15)32)26(33)28(12)27(34)22-18(35-2)10-19(36-3)23(29)25(22)38-28/h4-7,10-12,14H,8-9H2,1-3H3,(H,30,31). The number of carbonyl (C=O) groups excluding carboxylic acids is 3. The molecule has 3 aromatic rings. The molecule has 0 saturated carbocycles. The SMILES string of the molecule is COc1cc(OC)c2c(c1Cl)OC1(C(=O)C3=C(CC1C)NC(=O)CC3c1coc3ccccc3c1=O)C2=O. The number of carbonyl (C=O) groups is 3. The lowest BCUT2D eigenvalue weighted by molar-refractivity contribution is -0.131. The molecule has 0 saturated heterocycles. The predicted octanol–water partition coefficient (Wildman–Crippen LogP) is 3.94. The number of nitrogens with one attached hydrogen (secondary N) is 1. The van der Waals surface area contributed by atoms with Crippen LogP contribution in [-0.2, 0) is 9.59 Å². The molecule has 2 aromatic carbocycles. The summed E-state index contributed by atoms with van der Waals surface area (Å²) in [6.07, 6.45) is 1.27. The average Bonchev–Trinajstić information content (AvgIpc) is 3.22. The van der Waals surface area contributed by atoms with E-state index in [0.29, 0.717) is 16.7 Å². The van der Waals surface area contributed by atoms with Gasteiger partial charge in [0.1, 0.15) is 27.7 Å². The third-order valence-corrected chi connectivity index (χ3v) is 8.00. The molecular weight excluding hydrogens is 514 g/mol. The van der Waals surface area contributed by atoms with Crippen LogP contribution in [0.5, 0.6) is 17.2 Å². The summed E-state index contributed by atoms with van der Waals surface area (Å²) in [5, 5.41) is 3.15. The first-order valence-corrected chi connectivity index (χ1v) is 12.4. The maximum absolute atomic E-state index is 14.4. The minimum Gasteiger partial charge on any atom is -0.496 e. The van der Waals surface area contributed by atoms with Crippen LogP contribution in [0.1, 0.15) is 41.6 Å². The summed E-state index contributed by atoms with van der Waals surface area (Å²) in [4.78, 5) is 54.6. The molecule has 3 atom stereocenters. The van der Waals surface area contributed by atoms with Gasteiger partial charge >= 0.3 is 0 Å². The Morgan fingerprint density at radius 1 is 1.03 bits per heavy atom. The number of benzene rings is 2. The van der Waals surface area contributed by atoms with E-state index >= 15 is 0 Å². The zero-order valence-electron chi connectivity index (χ0n) is 20.7. The summed E-state index contributed by atoms with van der Waals surface area (Å²) >= 11 is 6.51. The Bertz CT molecular complexity index is 1670. The number of hydrogen-bond acceptors (Lipinski definition) is 8. The minimum atomic E-state index is -1.96. The second kappa shape index (κ2) is 8.46. The largest absolute Gasteiger partial charge is 0.496 e. The normalized spacial score (nSPS) is 24.3. The number of allylic oxidation sites excluding steroid dienone is 1. The van der Waals surface area contributed by atoms with Crippen LogP contribution in [-0.4, -0.2) is 37.3 Å². The predicted molar refractivity (Wildman–Crippen MR) is 136 cm³/mol. The molecule has 1 aromatic heterocycles. The summed E-state index contributed by atoms with van der Waals surface area (Å²) in [5.74, 6) is -2.80. The van der Waals surface area contributed by atoms with Crippen molar-refractivity contribution in [2.24, 2.45) is 5.92 Å². The molecule has 1 amide bonds. The number of hydrogen-bond donors (Lipinski definition) is 1. The van der Waals surface area contributed by atoms with Gasteiger partial charge in [0, 0.05) is 41.2 Å². The summed E-state index contributed by atoms with van der Waals surface area (Å²) < 4.78 is 22.6. The molecule has 1 spiro atoms. The van der Waals surface area contributed by atoms with E-state index in [1.165, 1.54) is 26.5 Å². The molecule has 0 radical (unpaired) electrons. The molecule has 38 heavy (non-hydrogen) atoms. The van der Waals surface area contributed by atoms with Gasteiger partial charge in [0.2, 0.25) is 23.1 Å². The first kappa shape index (κ1) is 24.2. The first-order chi connectivity index (χ1) is 18.2. The van der Waals surface area contributed by atoms with Gasteiger partial charge in [0.25, 0.3) is 0 Å².